The van der Waals surface area contributed by atoms with Crippen molar-refractivity contribution in [3.8, 4) is 0 Å². The molecule has 0 spiro atoms. The monoisotopic (exact) mass is 306 g/mol. The molecule has 120 valence electrons. The Morgan fingerprint density at radius 1 is 1.09 bits per heavy atom. The number of primary amides is 1. The summed E-state index contributed by atoms with van der Waals surface area (Å²) in [6.07, 6.45) is 6.65. The van der Waals surface area contributed by atoms with Crippen molar-refractivity contribution in [2.24, 2.45) is 11.7 Å². The summed E-state index contributed by atoms with van der Waals surface area (Å²) in [5, 5.41) is 4.19. The van der Waals surface area contributed by atoms with E-state index in [-0.39, 0.29) is 17.9 Å². The molecule has 0 unspecified atom stereocenters. The Morgan fingerprint density at radius 3 is 2.50 bits per heavy atom. The molecule has 0 bridgehead atoms. The second-order valence-corrected chi connectivity index (χ2v) is 6.06. The van der Waals surface area contributed by atoms with Crippen molar-refractivity contribution in [2.75, 3.05) is 26.2 Å². The molecule has 3 rings (SSSR count). The highest BCUT2D eigenvalue weighted by Crippen LogP contribution is 2.25. The SMILES string of the molecule is NC(=O)N1CCC(C(=O)N2CCC[C@H](n3cncn3)C2)CC1. The van der Waals surface area contributed by atoms with Crippen molar-refractivity contribution in [3.05, 3.63) is 12.7 Å². The maximum absolute atomic E-state index is 12.7. The Labute approximate surface area is 129 Å². The quantitative estimate of drug-likeness (QED) is 0.846. The van der Waals surface area contributed by atoms with Crippen LogP contribution in [0.3, 0.4) is 0 Å². The second kappa shape index (κ2) is 6.33. The molecule has 2 aliphatic rings. The minimum Gasteiger partial charge on any atom is -0.351 e. The molecule has 1 aromatic heterocycles. The number of carbonyl (C=O) groups excluding carboxylic acids is 2. The van der Waals surface area contributed by atoms with Crippen LogP contribution in [0.1, 0.15) is 31.7 Å². The largest absolute Gasteiger partial charge is 0.351 e. The average Bonchev–Trinajstić information content (AvgIpc) is 3.09. The number of nitrogens with zero attached hydrogens (tertiary/aromatic N) is 5. The maximum Gasteiger partial charge on any atom is 0.314 e. The fourth-order valence-corrected chi connectivity index (χ4v) is 3.38. The van der Waals surface area contributed by atoms with Crippen LogP contribution in [0.2, 0.25) is 0 Å². The molecular weight excluding hydrogens is 284 g/mol. The Balaban J connectivity index is 1.57. The fourth-order valence-electron chi connectivity index (χ4n) is 3.38. The van der Waals surface area contributed by atoms with Gasteiger partial charge in [0.1, 0.15) is 12.7 Å². The third kappa shape index (κ3) is 3.05. The Kier molecular flexibility index (Phi) is 4.26. The van der Waals surface area contributed by atoms with Crippen molar-refractivity contribution < 1.29 is 9.59 Å². The number of carbonyl (C=O) groups is 2. The van der Waals surface area contributed by atoms with Gasteiger partial charge in [-0.1, -0.05) is 0 Å². The number of piperidine rings is 2. The van der Waals surface area contributed by atoms with Gasteiger partial charge in [-0.3, -0.25) is 4.79 Å². The zero-order valence-corrected chi connectivity index (χ0v) is 12.6. The summed E-state index contributed by atoms with van der Waals surface area (Å²) in [6.45, 7) is 2.65. The number of amides is 3. The predicted molar refractivity (Wildman–Crippen MR) is 78.8 cm³/mol. The Bertz CT molecular complexity index is 523. The number of likely N-dealkylation sites (tertiary alicyclic amines) is 2. The molecule has 8 nitrogen and oxygen atoms in total. The first-order valence-corrected chi connectivity index (χ1v) is 7.82. The van der Waals surface area contributed by atoms with E-state index in [0.717, 1.165) is 19.4 Å². The summed E-state index contributed by atoms with van der Waals surface area (Å²) in [5.74, 6) is 0.207. The van der Waals surface area contributed by atoms with Gasteiger partial charge in [-0.15, -0.1) is 0 Å². The zero-order valence-electron chi connectivity index (χ0n) is 12.6. The van der Waals surface area contributed by atoms with Crippen LogP contribution in [0, 0.1) is 5.92 Å². The van der Waals surface area contributed by atoms with Gasteiger partial charge < -0.3 is 15.5 Å². The first kappa shape index (κ1) is 14.8. The minimum atomic E-state index is -0.393. The van der Waals surface area contributed by atoms with Gasteiger partial charge in [0, 0.05) is 32.1 Å². The highest BCUT2D eigenvalue weighted by atomic mass is 16.2. The highest BCUT2D eigenvalue weighted by Gasteiger charge is 2.32. The molecular formula is C14H22N6O2. The lowest BCUT2D eigenvalue weighted by Crippen LogP contribution is -2.48. The first-order valence-electron chi connectivity index (χ1n) is 7.82. The van der Waals surface area contributed by atoms with Crippen molar-refractivity contribution >= 4 is 11.9 Å². The molecule has 0 aromatic carbocycles. The van der Waals surface area contributed by atoms with Crippen molar-refractivity contribution in [1.29, 1.82) is 0 Å². The third-order valence-electron chi connectivity index (χ3n) is 4.67. The van der Waals surface area contributed by atoms with Crippen LogP contribution in [0.25, 0.3) is 0 Å². The number of rotatable bonds is 2. The Morgan fingerprint density at radius 2 is 1.86 bits per heavy atom. The summed E-state index contributed by atoms with van der Waals surface area (Å²) in [4.78, 5) is 31.4. The van der Waals surface area contributed by atoms with E-state index < -0.39 is 6.03 Å². The average molecular weight is 306 g/mol. The molecule has 8 heteroatoms. The number of urea groups is 1. The van der Waals surface area contributed by atoms with Crippen LogP contribution in [0.4, 0.5) is 4.79 Å². The van der Waals surface area contributed by atoms with E-state index >= 15 is 0 Å². The maximum atomic E-state index is 12.7. The normalized spacial score (nSPS) is 23.5. The number of hydrogen-bond donors (Lipinski definition) is 1. The summed E-state index contributed by atoms with van der Waals surface area (Å²) < 4.78 is 1.84. The lowest BCUT2D eigenvalue weighted by Gasteiger charge is -2.37. The van der Waals surface area contributed by atoms with Crippen LogP contribution < -0.4 is 5.73 Å². The van der Waals surface area contributed by atoms with Gasteiger partial charge in [0.25, 0.3) is 0 Å². The second-order valence-electron chi connectivity index (χ2n) is 6.06. The summed E-state index contributed by atoms with van der Waals surface area (Å²) in [7, 11) is 0. The summed E-state index contributed by atoms with van der Waals surface area (Å²) >= 11 is 0. The van der Waals surface area contributed by atoms with Gasteiger partial charge in [0.15, 0.2) is 0 Å². The van der Waals surface area contributed by atoms with Crippen LogP contribution in [0.5, 0.6) is 0 Å². The molecule has 2 N–H and O–H groups in total. The molecule has 3 amide bonds. The Hall–Kier alpha value is -2.12. The van der Waals surface area contributed by atoms with E-state index in [2.05, 4.69) is 10.1 Å². The van der Waals surface area contributed by atoms with E-state index in [0.29, 0.717) is 32.5 Å². The van der Waals surface area contributed by atoms with Crippen LogP contribution in [0.15, 0.2) is 12.7 Å². The molecule has 0 aliphatic carbocycles. The molecule has 1 atom stereocenters. The number of hydrogen-bond acceptors (Lipinski definition) is 4. The third-order valence-corrected chi connectivity index (χ3v) is 4.67. The minimum absolute atomic E-state index is 0.00472. The number of nitrogens with two attached hydrogens (primary N) is 1. The summed E-state index contributed by atoms with van der Waals surface area (Å²) in [6, 6.07) is -0.180. The van der Waals surface area contributed by atoms with Gasteiger partial charge in [0.2, 0.25) is 5.91 Å². The van der Waals surface area contributed by atoms with Crippen LogP contribution in [-0.2, 0) is 4.79 Å². The number of aromatic nitrogens is 3. The predicted octanol–water partition coefficient (Wildman–Crippen LogP) is 0.232. The van der Waals surface area contributed by atoms with E-state index in [4.69, 9.17) is 5.73 Å². The van der Waals surface area contributed by atoms with Crippen LogP contribution in [-0.4, -0.2) is 62.7 Å². The van der Waals surface area contributed by atoms with E-state index in [1.807, 2.05) is 9.58 Å². The van der Waals surface area contributed by atoms with Gasteiger partial charge in [-0.25, -0.2) is 14.5 Å². The summed E-state index contributed by atoms with van der Waals surface area (Å²) in [5.41, 5.74) is 5.28. The standard InChI is InChI=1S/C14H22N6O2/c15-14(22)18-6-3-11(4-7-18)13(21)19-5-1-2-12(8-19)20-10-16-9-17-20/h9-12H,1-8H2,(H2,15,22)/t12-/m0/s1. The molecule has 0 radical (unpaired) electrons. The zero-order chi connectivity index (χ0) is 15.5. The van der Waals surface area contributed by atoms with Crippen molar-refractivity contribution in [2.45, 2.75) is 31.7 Å². The van der Waals surface area contributed by atoms with Gasteiger partial charge >= 0.3 is 6.03 Å². The van der Waals surface area contributed by atoms with E-state index in [1.54, 1.807) is 11.2 Å². The molecule has 2 aliphatic heterocycles. The van der Waals surface area contributed by atoms with Gasteiger partial charge in [0.05, 0.1) is 6.04 Å². The highest BCUT2D eigenvalue weighted by molar-refractivity contribution is 5.79. The molecule has 2 fully saturated rings. The van der Waals surface area contributed by atoms with Crippen molar-refractivity contribution in [3.63, 3.8) is 0 Å². The lowest BCUT2D eigenvalue weighted by molar-refractivity contribution is -0.138. The first-order chi connectivity index (χ1) is 10.6. The van der Waals surface area contributed by atoms with Gasteiger partial charge in [-0.2, -0.15) is 5.10 Å². The van der Waals surface area contributed by atoms with E-state index in [1.165, 1.54) is 6.33 Å². The lowest BCUT2D eigenvalue weighted by atomic mass is 9.94. The van der Waals surface area contributed by atoms with Crippen LogP contribution >= 0.6 is 0 Å². The smallest absolute Gasteiger partial charge is 0.314 e. The van der Waals surface area contributed by atoms with Gasteiger partial charge in [-0.05, 0) is 25.7 Å². The molecule has 2 saturated heterocycles. The molecule has 0 saturated carbocycles. The molecule has 22 heavy (non-hydrogen) atoms. The topological polar surface area (TPSA) is 97.3 Å². The molecule has 3 heterocycles. The van der Waals surface area contributed by atoms with Crippen molar-refractivity contribution in [1.82, 2.24) is 24.6 Å². The fraction of sp³-hybridized carbons (Fsp3) is 0.714. The van der Waals surface area contributed by atoms with E-state index in [9.17, 15) is 9.59 Å². The molecule has 1 aromatic rings.